The predicted molar refractivity (Wildman–Crippen MR) is 111 cm³/mol. The van der Waals surface area contributed by atoms with Gasteiger partial charge in [-0.25, -0.2) is 0 Å². The van der Waals surface area contributed by atoms with Gasteiger partial charge in [0.15, 0.2) is 0 Å². The number of hydrogen-bond acceptors (Lipinski definition) is 2. The first-order chi connectivity index (χ1) is 12.3. The molecule has 0 rings (SSSR count). The van der Waals surface area contributed by atoms with E-state index in [1.54, 1.807) is 12.2 Å². The van der Waals surface area contributed by atoms with Gasteiger partial charge in [0, 0.05) is 0 Å². The molecule has 0 spiro atoms. The first kappa shape index (κ1) is 25.5. The molecule has 0 aliphatic heterocycles. The van der Waals surface area contributed by atoms with Crippen molar-refractivity contribution < 1.29 is 9.59 Å². The molecule has 0 atom stereocenters. The lowest BCUT2D eigenvalue weighted by molar-refractivity contribution is -0.104. The van der Waals surface area contributed by atoms with E-state index in [9.17, 15) is 9.59 Å². The van der Waals surface area contributed by atoms with Gasteiger partial charge in [-0.3, -0.25) is 9.59 Å². The Kier molecular flexibility index (Phi) is 27.7. The van der Waals surface area contributed by atoms with E-state index in [-0.39, 0.29) is 0 Å². The quantitative estimate of drug-likeness (QED) is 0.139. The molecule has 142 valence electrons. The number of allylic oxidation sites excluding steroid dienone is 8. The fraction of sp³-hybridized carbons (Fsp3) is 0.565. The average Bonchev–Trinajstić information content (AvgIpc) is 2.63. The second kappa shape index (κ2) is 27.2. The number of hydrogen-bond donors (Lipinski definition) is 0. The smallest absolute Gasteiger partial charge is 0.142 e. The molecule has 0 aliphatic rings. The summed E-state index contributed by atoms with van der Waals surface area (Å²) in [5.74, 6) is 0. The van der Waals surface area contributed by atoms with Crippen LogP contribution in [0.5, 0.6) is 0 Å². The summed E-state index contributed by atoms with van der Waals surface area (Å²) in [7, 11) is 0. The molecule has 0 N–H and O–H groups in total. The van der Waals surface area contributed by atoms with Crippen molar-refractivity contribution in [1.82, 2.24) is 0 Å². The fourth-order valence-electron chi connectivity index (χ4n) is 2.12. The number of rotatable bonds is 15. The maximum absolute atomic E-state index is 9.89. The van der Waals surface area contributed by atoms with Gasteiger partial charge in [-0.05, 0) is 37.8 Å². The van der Waals surface area contributed by atoms with E-state index in [2.05, 4.69) is 26.0 Å². The summed E-state index contributed by atoms with van der Waals surface area (Å²) in [5, 5.41) is 0. The molecule has 2 nitrogen and oxygen atoms in total. The van der Waals surface area contributed by atoms with Crippen LogP contribution in [0.3, 0.4) is 0 Å². The summed E-state index contributed by atoms with van der Waals surface area (Å²) < 4.78 is 0. The zero-order chi connectivity index (χ0) is 18.8. The van der Waals surface area contributed by atoms with Gasteiger partial charge in [0.1, 0.15) is 12.6 Å². The Morgan fingerprint density at radius 3 is 1.28 bits per heavy atom. The van der Waals surface area contributed by atoms with Crippen LogP contribution in [-0.4, -0.2) is 12.6 Å². The minimum Gasteiger partial charge on any atom is -0.299 e. The molecule has 0 bridgehead atoms. The highest BCUT2D eigenvalue weighted by Crippen LogP contribution is 2.05. The van der Waals surface area contributed by atoms with Crippen LogP contribution in [0.4, 0.5) is 0 Å². The molecule has 0 fully saturated rings. The highest BCUT2D eigenvalue weighted by molar-refractivity contribution is 5.65. The largest absolute Gasteiger partial charge is 0.299 e. The third-order valence-electron chi connectivity index (χ3n) is 3.57. The fourth-order valence-corrected chi connectivity index (χ4v) is 2.12. The van der Waals surface area contributed by atoms with Gasteiger partial charge in [0.25, 0.3) is 0 Å². The summed E-state index contributed by atoms with van der Waals surface area (Å²) in [6, 6.07) is 0. The van der Waals surface area contributed by atoms with Crippen LogP contribution in [0, 0.1) is 0 Å². The molecule has 0 amide bonds. The molecule has 0 heterocycles. The van der Waals surface area contributed by atoms with Gasteiger partial charge in [0.05, 0.1) is 0 Å². The summed E-state index contributed by atoms with van der Waals surface area (Å²) in [6.07, 6.45) is 30.3. The van der Waals surface area contributed by atoms with Crippen LogP contribution in [0.25, 0.3) is 0 Å². The standard InChI is InChI=1S/C12H20O.C11H18O/c1-2-3-4-5-6-7-8-9-10-11-12-13;1-2-3-4-5-6-7-8-9-10-11-12/h8-12H,2-7H2,1H3;7-11H,2-6H2,1H3. The van der Waals surface area contributed by atoms with E-state index in [4.69, 9.17) is 0 Å². The van der Waals surface area contributed by atoms with Crippen molar-refractivity contribution in [3.05, 3.63) is 48.6 Å². The van der Waals surface area contributed by atoms with Crippen LogP contribution < -0.4 is 0 Å². The monoisotopic (exact) mass is 346 g/mol. The van der Waals surface area contributed by atoms with Crippen LogP contribution in [-0.2, 0) is 9.59 Å². The lowest BCUT2D eigenvalue weighted by Gasteiger charge is -1.95. The number of carbonyl (C=O) groups excluding carboxylic acids is 2. The van der Waals surface area contributed by atoms with Gasteiger partial charge in [-0.1, -0.05) is 95.2 Å². The normalized spacial score (nSPS) is 11.4. The first-order valence-electron chi connectivity index (χ1n) is 9.87. The van der Waals surface area contributed by atoms with Gasteiger partial charge in [0.2, 0.25) is 0 Å². The molecular weight excluding hydrogens is 308 g/mol. The number of carbonyl (C=O) groups is 2. The third kappa shape index (κ3) is 30.7. The maximum Gasteiger partial charge on any atom is 0.142 e. The molecule has 0 saturated carbocycles. The average molecular weight is 347 g/mol. The second-order valence-electron chi connectivity index (χ2n) is 5.95. The van der Waals surface area contributed by atoms with Gasteiger partial charge in [-0.15, -0.1) is 0 Å². The third-order valence-corrected chi connectivity index (χ3v) is 3.57. The zero-order valence-corrected chi connectivity index (χ0v) is 16.4. The van der Waals surface area contributed by atoms with E-state index in [1.807, 2.05) is 12.2 Å². The summed E-state index contributed by atoms with van der Waals surface area (Å²) in [5.41, 5.74) is 0. The summed E-state index contributed by atoms with van der Waals surface area (Å²) in [4.78, 5) is 19.7. The Morgan fingerprint density at radius 2 is 0.880 bits per heavy atom. The van der Waals surface area contributed by atoms with Crippen molar-refractivity contribution in [2.24, 2.45) is 0 Å². The van der Waals surface area contributed by atoms with Gasteiger partial charge in [-0.2, -0.15) is 0 Å². The number of unbranched alkanes of at least 4 members (excludes halogenated alkanes) is 9. The van der Waals surface area contributed by atoms with Crippen LogP contribution in [0.2, 0.25) is 0 Å². The molecule has 0 aromatic heterocycles. The highest BCUT2D eigenvalue weighted by atomic mass is 16.1. The molecule has 0 aromatic rings. The van der Waals surface area contributed by atoms with Crippen LogP contribution >= 0.6 is 0 Å². The zero-order valence-electron chi connectivity index (χ0n) is 16.4. The Balaban J connectivity index is 0. The van der Waals surface area contributed by atoms with Crippen LogP contribution in [0.1, 0.15) is 84.5 Å². The van der Waals surface area contributed by atoms with E-state index < -0.39 is 0 Å². The maximum atomic E-state index is 9.89. The van der Waals surface area contributed by atoms with E-state index >= 15 is 0 Å². The topological polar surface area (TPSA) is 34.1 Å². The van der Waals surface area contributed by atoms with E-state index in [0.717, 1.165) is 25.4 Å². The van der Waals surface area contributed by atoms with E-state index in [1.165, 1.54) is 69.9 Å². The Hall–Kier alpha value is -1.70. The second-order valence-corrected chi connectivity index (χ2v) is 5.95. The van der Waals surface area contributed by atoms with Crippen molar-refractivity contribution in [2.75, 3.05) is 0 Å². The van der Waals surface area contributed by atoms with Crippen molar-refractivity contribution in [3.63, 3.8) is 0 Å². The predicted octanol–water partition coefficient (Wildman–Crippen LogP) is 6.93. The molecule has 2 heteroatoms. The molecular formula is C23H38O2. The lowest BCUT2D eigenvalue weighted by Crippen LogP contribution is -1.75. The lowest BCUT2D eigenvalue weighted by atomic mass is 10.1. The van der Waals surface area contributed by atoms with Crippen molar-refractivity contribution >= 4 is 12.6 Å². The van der Waals surface area contributed by atoms with Crippen molar-refractivity contribution in [3.8, 4) is 0 Å². The Bertz CT molecular complexity index is 376. The highest BCUT2D eigenvalue weighted by Gasteiger charge is 1.85. The Labute approximate surface area is 155 Å². The molecule has 0 aliphatic carbocycles. The Morgan fingerprint density at radius 1 is 0.480 bits per heavy atom. The first-order valence-corrected chi connectivity index (χ1v) is 9.87. The van der Waals surface area contributed by atoms with Gasteiger partial charge >= 0.3 is 0 Å². The van der Waals surface area contributed by atoms with Crippen molar-refractivity contribution in [1.29, 1.82) is 0 Å². The SMILES string of the molecule is CCCCCCC=CC=CC=O.CCCCCCCC=CC=CC=O. The summed E-state index contributed by atoms with van der Waals surface area (Å²) >= 11 is 0. The molecule has 0 unspecified atom stereocenters. The summed E-state index contributed by atoms with van der Waals surface area (Å²) in [6.45, 7) is 4.44. The van der Waals surface area contributed by atoms with E-state index in [0.29, 0.717) is 0 Å². The van der Waals surface area contributed by atoms with Gasteiger partial charge < -0.3 is 0 Å². The molecule has 0 aromatic carbocycles. The number of aldehydes is 2. The molecule has 0 radical (unpaired) electrons. The molecule has 25 heavy (non-hydrogen) atoms. The van der Waals surface area contributed by atoms with Crippen LogP contribution in [0.15, 0.2) is 48.6 Å². The minimum absolute atomic E-state index is 0.793. The minimum atomic E-state index is 0.793. The molecule has 0 saturated heterocycles. The van der Waals surface area contributed by atoms with Crippen molar-refractivity contribution in [2.45, 2.75) is 84.5 Å².